The number of hydrogen-bond acceptors (Lipinski definition) is 2. The fourth-order valence-corrected chi connectivity index (χ4v) is 2.58. The van der Waals surface area contributed by atoms with Crippen LogP contribution in [0.15, 0.2) is 18.2 Å². The predicted molar refractivity (Wildman–Crippen MR) is 74.2 cm³/mol. The minimum Gasteiger partial charge on any atom is -0.352 e. The first-order chi connectivity index (χ1) is 8.66. The highest BCUT2D eigenvalue weighted by Crippen LogP contribution is 2.17. The predicted octanol–water partition coefficient (Wildman–Crippen LogP) is 2.52. The number of carbonyl (C=O) groups excluding carboxylic acids is 1. The summed E-state index contributed by atoms with van der Waals surface area (Å²) in [6.07, 6.45) is 3.43. The molecule has 1 saturated heterocycles. The van der Waals surface area contributed by atoms with Crippen LogP contribution in [0.5, 0.6) is 0 Å². The molecule has 2 rings (SSSR count). The van der Waals surface area contributed by atoms with Crippen molar-refractivity contribution in [2.45, 2.75) is 32.2 Å². The molecular formula is C14H19ClN2O. The molecule has 3 nitrogen and oxygen atoms in total. The van der Waals surface area contributed by atoms with Crippen molar-refractivity contribution < 1.29 is 4.79 Å². The minimum atomic E-state index is -0.0852. The molecule has 0 radical (unpaired) electrons. The highest BCUT2D eigenvalue weighted by Gasteiger charge is 2.14. The average Bonchev–Trinajstić information content (AvgIpc) is 2.81. The van der Waals surface area contributed by atoms with Gasteiger partial charge in [0.2, 0.25) is 0 Å². The van der Waals surface area contributed by atoms with E-state index in [0.717, 1.165) is 18.5 Å². The molecule has 1 aromatic carbocycles. The Balaban J connectivity index is 1.83. The third-order valence-corrected chi connectivity index (χ3v) is 3.62. The van der Waals surface area contributed by atoms with E-state index in [0.29, 0.717) is 23.2 Å². The number of halogens is 1. The van der Waals surface area contributed by atoms with E-state index < -0.39 is 0 Å². The molecule has 0 aromatic heterocycles. The van der Waals surface area contributed by atoms with Gasteiger partial charge in [0, 0.05) is 12.6 Å². The summed E-state index contributed by atoms with van der Waals surface area (Å²) < 4.78 is 0. The molecule has 2 N–H and O–H groups in total. The van der Waals surface area contributed by atoms with Crippen LogP contribution in [0, 0.1) is 6.92 Å². The van der Waals surface area contributed by atoms with Crippen LogP contribution in [0.2, 0.25) is 5.02 Å². The Hall–Kier alpha value is -1.06. The van der Waals surface area contributed by atoms with Crippen LogP contribution in [0.4, 0.5) is 0 Å². The molecule has 1 aromatic rings. The molecule has 4 heteroatoms. The smallest absolute Gasteiger partial charge is 0.252 e. The summed E-state index contributed by atoms with van der Waals surface area (Å²) in [4.78, 5) is 11.9. The normalized spacial score (nSPS) is 18.9. The van der Waals surface area contributed by atoms with Gasteiger partial charge in [-0.05, 0) is 50.4 Å². The number of rotatable bonds is 4. The van der Waals surface area contributed by atoms with Gasteiger partial charge in [-0.25, -0.2) is 0 Å². The average molecular weight is 267 g/mol. The maximum absolute atomic E-state index is 11.9. The number of nitrogens with one attached hydrogen (secondary N) is 2. The van der Waals surface area contributed by atoms with Gasteiger partial charge in [-0.15, -0.1) is 0 Å². The molecule has 0 unspecified atom stereocenters. The van der Waals surface area contributed by atoms with Gasteiger partial charge in [0.1, 0.15) is 0 Å². The van der Waals surface area contributed by atoms with Crippen molar-refractivity contribution in [1.82, 2.24) is 10.6 Å². The van der Waals surface area contributed by atoms with Gasteiger partial charge < -0.3 is 10.6 Å². The van der Waals surface area contributed by atoms with E-state index in [1.807, 2.05) is 19.1 Å². The number of benzene rings is 1. The van der Waals surface area contributed by atoms with Crippen molar-refractivity contribution in [3.05, 3.63) is 34.3 Å². The van der Waals surface area contributed by atoms with Crippen molar-refractivity contribution in [3.63, 3.8) is 0 Å². The quantitative estimate of drug-likeness (QED) is 0.879. The van der Waals surface area contributed by atoms with Gasteiger partial charge in [0.15, 0.2) is 0 Å². The number of hydrogen-bond donors (Lipinski definition) is 2. The first-order valence-corrected chi connectivity index (χ1v) is 6.82. The van der Waals surface area contributed by atoms with Crippen molar-refractivity contribution in [3.8, 4) is 0 Å². The largest absolute Gasteiger partial charge is 0.352 e. The molecule has 0 aliphatic carbocycles. The SMILES string of the molecule is Cc1ccc(C(=O)NCC[C@H]2CCCN2)c(Cl)c1. The van der Waals surface area contributed by atoms with Crippen LogP contribution >= 0.6 is 11.6 Å². The maximum atomic E-state index is 11.9. The lowest BCUT2D eigenvalue weighted by Crippen LogP contribution is -2.30. The lowest BCUT2D eigenvalue weighted by atomic mass is 10.1. The second-order valence-electron chi connectivity index (χ2n) is 4.82. The van der Waals surface area contributed by atoms with Gasteiger partial charge >= 0.3 is 0 Å². The monoisotopic (exact) mass is 266 g/mol. The van der Waals surface area contributed by atoms with Crippen LogP contribution < -0.4 is 10.6 Å². The third-order valence-electron chi connectivity index (χ3n) is 3.31. The molecule has 1 heterocycles. The second kappa shape index (κ2) is 6.21. The Morgan fingerprint density at radius 1 is 1.56 bits per heavy atom. The summed E-state index contributed by atoms with van der Waals surface area (Å²) >= 11 is 6.06. The first kappa shape index (κ1) is 13.4. The molecule has 1 atom stereocenters. The highest BCUT2D eigenvalue weighted by atomic mass is 35.5. The number of carbonyl (C=O) groups is 1. The lowest BCUT2D eigenvalue weighted by molar-refractivity contribution is 0.0952. The molecule has 0 bridgehead atoms. The van der Waals surface area contributed by atoms with Crippen molar-refractivity contribution in [1.29, 1.82) is 0 Å². The molecule has 1 aliphatic heterocycles. The number of amides is 1. The fraction of sp³-hybridized carbons (Fsp3) is 0.500. The molecule has 1 fully saturated rings. The van der Waals surface area contributed by atoms with Crippen molar-refractivity contribution in [2.24, 2.45) is 0 Å². The van der Waals surface area contributed by atoms with E-state index in [9.17, 15) is 4.79 Å². The van der Waals surface area contributed by atoms with E-state index in [-0.39, 0.29) is 5.91 Å². The zero-order valence-electron chi connectivity index (χ0n) is 10.6. The summed E-state index contributed by atoms with van der Waals surface area (Å²) in [7, 11) is 0. The van der Waals surface area contributed by atoms with E-state index in [1.54, 1.807) is 6.07 Å². The maximum Gasteiger partial charge on any atom is 0.252 e. The van der Waals surface area contributed by atoms with Crippen LogP contribution in [-0.2, 0) is 0 Å². The molecule has 0 spiro atoms. The Bertz CT molecular complexity index is 428. The van der Waals surface area contributed by atoms with Crippen LogP contribution in [0.3, 0.4) is 0 Å². The molecule has 1 amide bonds. The van der Waals surface area contributed by atoms with E-state index in [2.05, 4.69) is 10.6 Å². The summed E-state index contributed by atoms with van der Waals surface area (Å²) in [5, 5.41) is 6.85. The van der Waals surface area contributed by atoms with Gasteiger partial charge in [-0.2, -0.15) is 0 Å². The summed E-state index contributed by atoms with van der Waals surface area (Å²) in [6.45, 7) is 3.75. The zero-order chi connectivity index (χ0) is 13.0. The molecular weight excluding hydrogens is 248 g/mol. The van der Waals surface area contributed by atoms with Crippen LogP contribution in [0.25, 0.3) is 0 Å². The van der Waals surface area contributed by atoms with E-state index >= 15 is 0 Å². The molecule has 1 aliphatic rings. The van der Waals surface area contributed by atoms with Crippen molar-refractivity contribution >= 4 is 17.5 Å². The second-order valence-corrected chi connectivity index (χ2v) is 5.23. The van der Waals surface area contributed by atoms with Gasteiger partial charge in [0.25, 0.3) is 5.91 Å². The number of aryl methyl sites for hydroxylation is 1. The Kier molecular flexibility index (Phi) is 4.61. The Morgan fingerprint density at radius 3 is 3.06 bits per heavy atom. The van der Waals surface area contributed by atoms with Crippen LogP contribution in [-0.4, -0.2) is 25.0 Å². The van der Waals surface area contributed by atoms with E-state index in [1.165, 1.54) is 12.8 Å². The molecule has 98 valence electrons. The van der Waals surface area contributed by atoms with E-state index in [4.69, 9.17) is 11.6 Å². The summed E-state index contributed by atoms with van der Waals surface area (Å²) in [5.41, 5.74) is 1.62. The lowest BCUT2D eigenvalue weighted by Gasteiger charge is -2.11. The Morgan fingerprint density at radius 2 is 2.39 bits per heavy atom. The standard InChI is InChI=1S/C14H19ClN2O/c1-10-4-5-12(13(15)9-10)14(18)17-8-6-11-3-2-7-16-11/h4-5,9,11,16H,2-3,6-8H2,1H3,(H,17,18)/t11-/m1/s1. The third kappa shape index (κ3) is 3.47. The Labute approximate surface area is 113 Å². The highest BCUT2D eigenvalue weighted by molar-refractivity contribution is 6.33. The minimum absolute atomic E-state index is 0.0852. The summed E-state index contributed by atoms with van der Waals surface area (Å²) in [5.74, 6) is -0.0852. The van der Waals surface area contributed by atoms with Crippen molar-refractivity contribution in [2.75, 3.05) is 13.1 Å². The summed E-state index contributed by atoms with van der Waals surface area (Å²) in [6, 6.07) is 6.05. The first-order valence-electron chi connectivity index (χ1n) is 6.44. The molecule has 0 saturated carbocycles. The van der Waals surface area contributed by atoms with Crippen LogP contribution in [0.1, 0.15) is 35.2 Å². The topological polar surface area (TPSA) is 41.1 Å². The van der Waals surface area contributed by atoms with Gasteiger partial charge in [-0.1, -0.05) is 17.7 Å². The zero-order valence-corrected chi connectivity index (χ0v) is 11.4. The molecule has 18 heavy (non-hydrogen) atoms. The fourth-order valence-electron chi connectivity index (χ4n) is 2.26. The van der Waals surface area contributed by atoms with Gasteiger partial charge in [0.05, 0.1) is 10.6 Å². The van der Waals surface area contributed by atoms with Gasteiger partial charge in [-0.3, -0.25) is 4.79 Å².